The molecule has 1 aromatic carbocycles. The molecule has 7 heteroatoms. The van der Waals surface area contributed by atoms with E-state index in [0.29, 0.717) is 12.5 Å². The highest BCUT2D eigenvalue weighted by atomic mass is 32.2. The normalized spacial score (nSPS) is 19.4. The van der Waals surface area contributed by atoms with Gasteiger partial charge in [0.15, 0.2) is 0 Å². The van der Waals surface area contributed by atoms with Crippen LogP contribution in [0.1, 0.15) is 38.7 Å². The van der Waals surface area contributed by atoms with Gasteiger partial charge in [0, 0.05) is 25.3 Å². The summed E-state index contributed by atoms with van der Waals surface area (Å²) in [6.07, 6.45) is 3.62. The van der Waals surface area contributed by atoms with Gasteiger partial charge in [-0.3, -0.25) is 9.69 Å². The lowest BCUT2D eigenvalue weighted by molar-refractivity contribution is -0.117. The van der Waals surface area contributed by atoms with E-state index < -0.39 is 10.0 Å². The van der Waals surface area contributed by atoms with Crippen molar-refractivity contribution in [3.63, 3.8) is 0 Å². The van der Waals surface area contributed by atoms with Crippen LogP contribution in [-0.4, -0.2) is 51.9 Å². The Morgan fingerprint density at radius 3 is 2.54 bits per heavy atom. The Balaban J connectivity index is 1.72. The van der Waals surface area contributed by atoms with Crippen molar-refractivity contribution in [1.29, 1.82) is 0 Å². The number of rotatable bonds is 7. The second-order valence-electron chi connectivity index (χ2n) is 7.80. The van der Waals surface area contributed by atoms with E-state index in [1.165, 1.54) is 12.8 Å². The lowest BCUT2D eigenvalue weighted by Crippen LogP contribution is -2.43. The Labute approximate surface area is 156 Å². The molecular weight excluding hydrogens is 350 g/mol. The summed E-state index contributed by atoms with van der Waals surface area (Å²) in [5.41, 5.74) is 1.57. The molecule has 0 bridgehead atoms. The Morgan fingerprint density at radius 2 is 1.88 bits per heavy atom. The molecule has 0 saturated carbocycles. The molecule has 144 valence electrons. The van der Waals surface area contributed by atoms with E-state index in [1.807, 2.05) is 0 Å². The van der Waals surface area contributed by atoms with Crippen molar-refractivity contribution in [3.8, 4) is 0 Å². The molecule has 26 heavy (non-hydrogen) atoms. The smallest absolute Gasteiger partial charge is 0.240 e. The fraction of sp³-hybridized carbons (Fsp3) is 0.632. The first kappa shape index (κ1) is 19.3. The van der Waals surface area contributed by atoms with Crippen LogP contribution in [0.3, 0.4) is 0 Å². The highest BCUT2D eigenvalue weighted by molar-refractivity contribution is 7.89. The van der Waals surface area contributed by atoms with Gasteiger partial charge in [-0.2, -0.15) is 0 Å². The summed E-state index contributed by atoms with van der Waals surface area (Å²) in [6, 6.07) is 5.17. The molecule has 1 N–H and O–H groups in total. The van der Waals surface area contributed by atoms with Crippen molar-refractivity contribution in [1.82, 2.24) is 9.62 Å². The number of nitrogens with zero attached hydrogens (tertiary/aromatic N) is 2. The Morgan fingerprint density at radius 1 is 1.19 bits per heavy atom. The third-order valence-corrected chi connectivity index (χ3v) is 6.77. The van der Waals surface area contributed by atoms with Crippen LogP contribution in [0.2, 0.25) is 0 Å². The second kappa shape index (κ2) is 7.66. The molecule has 0 radical (unpaired) electrons. The lowest BCUT2D eigenvalue weighted by atomic mass is 10.0. The summed E-state index contributed by atoms with van der Waals surface area (Å²) in [4.78, 5) is 16.0. The van der Waals surface area contributed by atoms with Gasteiger partial charge in [-0.1, -0.05) is 13.8 Å². The zero-order chi connectivity index (χ0) is 18.9. The molecule has 2 heterocycles. The van der Waals surface area contributed by atoms with Crippen LogP contribution >= 0.6 is 0 Å². The molecule has 1 unspecified atom stereocenters. The maximum Gasteiger partial charge on any atom is 0.240 e. The highest BCUT2D eigenvalue weighted by Gasteiger charge is 2.28. The fourth-order valence-electron chi connectivity index (χ4n) is 3.92. The maximum absolute atomic E-state index is 12.8. The zero-order valence-corrected chi connectivity index (χ0v) is 16.7. The first-order valence-corrected chi connectivity index (χ1v) is 10.9. The Kier molecular flexibility index (Phi) is 5.69. The van der Waals surface area contributed by atoms with Crippen molar-refractivity contribution in [2.45, 2.75) is 50.5 Å². The number of hydrogen-bond donors (Lipinski definition) is 1. The van der Waals surface area contributed by atoms with Crippen LogP contribution in [0.4, 0.5) is 5.69 Å². The minimum atomic E-state index is -3.58. The van der Waals surface area contributed by atoms with Gasteiger partial charge in [0.2, 0.25) is 15.9 Å². The van der Waals surface area contributed by atoms with E-state index in [-0.39, 0.29) is 23.3 Å². The number of likely N-dealkylation sites (tertiary alicyclic amines) is 1. The van der Waals surface area contributed by atoms with Crippen molar-refractivity contribution in [2.75, 3.05) is 31.6 Å². The zero-order valence-electron chi connectivity index (χ0n) is 15.9. The molecule has 0 spiro atoms. The summed E-state index contributed by atoms with van der Waals surface area (Å²) in [7, 11) is -1.87. The van der Waals surface area contributed by atoms with E-state index in [2.05, 4.69) is 23.5 Å². The molecule has 0 aromatic heterocycles. The number of benzene rings is 1. The maximum atomic E-state index is 12.8. The molecule has 1 amide bonds. The van der Waals surface area contributed by atoms with Gasteiger partial charge >= 0.3 is 0 Å². The Hall–Kier alpha value is -1.44. The molecular formula is C19H29N3O3S. The molecule has 2 aliphatic rings. The van der Waals surface area contributed by atoms with Crippen LogP contribution in [-0.2, 0) is 21.2 Å². The number of nitrogens with one attached hydrogen (secondary N) is 1. The van der Waals surface area contributed by atoms with Gasteiger partial charge in [-0.05, 0) is 62.0 Å². The fourth-order valence-corrected chi connectivity index (χ4v) is 5.04. The third-order valence-electron chi connectivity index (χ3n) is 5.35. The molecule has 0 aliphatic carbocycles. The minimum absolute atomic E-state index is 0.00598. The summed E-state index contributed by atoms with van der Waals surface area (Å²) in [6.45, 7) is 6.87. The first-order chi connectivity index (χ1) is 12.3. The van der Waals surface area contributed by atoms with Crippen LogP contribution in [0, 0.1) is 5.92 Å². The van der Waals surface area contributed by atoms with Crippen molar-refractivity contribution >= 4 is 21.6 Å². The van der Waals surface area contributed by atoms with Gasteiger partial charge in [-0.15, -0.1) is 0 Å². The Bertz CT molecular complexity index is 770. The summed E-state index contributed by atoms with van der Waals surface area (Å²) in [5, 5.41) is 0. The third kappa shape index (κ3) is 4.10. The van der Waals surface area contributed by atoms with Crippen molar-refractivity contribution < 1.29 is 13.2 Å². The number of hydrogen-bond acceptors (Lipinski definition) is 4. The number of amides is 1. The first-order valence-electron chi connectivity index (χ1n) is 9.41. The van der Waals surface area contributed by atoms with E-state index in [1.54, 1.807) is 30.1 Å². The van der Waals surface area contributed by atoms with E-state index in [9.17, 15) is 13.2 Å². The molecule has 1 fully saturated rings. The van der Waals surface area contributed by atoms with Gasteiger partial charge in [0.25, 0.3) is 0 Å². The quantitative estimate of drug-likeness (QED) is 0.787. The van der Waals surface area contributed by atoms with E-state index >= 15 is 0 Å². The van der Waals surface area contributed by atoms with Gasteiger partial charge in [-0.25, -0.2) is 13.1 Å². The van der Waals surface area contributed by atoms with Crippen LogP contribution in [0.15, 0.2) is 23.1 Å². The monoisotopic (exact) mass is 379 g/mol. The number of carbonyl (C=O) groups excluding carboxylic acids is 1. The summed E-state index contributed by atoms with van der Waals surface area (Å²) < 4.78 is 28.3. The SMILES string of the molecule is CC(C)CC(CNS(=O)(=O)c1ccc2c(c1)CC(=O)N2C)N1CCCC1. The number of fused-ring (bicyclic) bond motifs is 1. The molecule has 1 aromatic rings. The summed E-state index contributed by atoms with van der Waals surface area (Å²) in [5.74, 6) is 0.514. The molecule has 2 aliphatic heterocycles. The molecule has 3 rings (SSSR count). The predicted octanol–water partition coefficient (Wildman–Crippen LogP) is 1.99. The number of anilines is 1. The van der Waals surface area contributed by atoms with E-state index in [0.717, 1.165) is 30.8 Å². The van der Waals surface area contributed by atoms with E-state index in [4.69, 9.17) is 0 Å². The van der Waals surface area contributed by atoms with Crippen LogP contribution in [0.25, 0.3) is 0 Å². The topological polar surface area (TPSA) is 69.7 Å². The number of carbonyl (C=O) groups is 1. The van der Waals surface area contributed by atoms with Crippen molar-refractivity contribution in [3.05, 3.63) is 23.8 Å². The van der Waals surface area contributed by atoms with Gasteiger partial charge in [0.1, 0.15) is 0 Å². The molecule has 1 saturated heterocycles. The molecule has 1 atom stereocenters. The lowest BCUT2D eigenvalue weighted by Gasteiger charge is -2.29. The largest absolute Gasteiger partial charge is 0.315 e. The number of likely N-dealkylation sites (N-methyl/N-ethyl adjacent to an activating group) is 1. The average Bonchev–Trinajstić information content (AvgIpc) is 3.20. The summed E-state index contributed by atoms with van der Waals surface area (Å²) >= 11 is 0. The standard InChI is InChI=1S/C19H29N3O3S/c1-14(2)10-16(22-8-4-5-9-22)13-20-26(24,25)17-6-7-18-15(11-17)12-19(23)21(18)3/h6-7,11,14,16,20H,4-5,8-10,12-13H2,1-3H3. The highest BCUT2D eigenvalue weighted by Crippen LogP contribution is 2.29. The molecule has 6 nitrogen and oxygen atoms in total. The predicted molar refractivity (Wildman–Crippen MR) is 103 cm³/mol. The average molecular weight is 380 g/mol. The van der Waals surface area contributed by atoms with Crippen LogP contribution in [0.5, 0.6) is 0 Å². The minimum Gasteiger partial charge on any atom is -0.315 e. The van der Waals surface area contributed by atoms with Gasteiger partial charge in [0.05, 0.1) is 11.3 Å². The number of sulfonamides is 1. The van der Waals surface area contributed by atoms with Crippen LogP contribution < -0.4 is 9.62 Å². The van der Waals surface area contributed by atoms with Crippen molar-refractivity contribution in [2.24, 2.45) is 5.92 Å². The second-order valence-corrected chi connectivity index (χ2v) is 9.57. The van der Waals surface area contributed by atoms with Gasteiger partial charge < -0.3 is 4.90 Å².